The zero-order valence-electron chi connectivity index (χ0n) is 16.5. The number of benzene rings is 3. The van der Waals surface area contributed by atoms with Gasteiger partial charge in [0.05, 0.1) is 5.56 Å². The molecule has 0 aliphatic rings. The van der Waals surface area contributed by atoms with Crippen LogP contribution < -0.4 is 15.5 Å². The predicted octanol–water partition coefficient (Wildman–Crippen LogP) is 4.70. The largest absolute Gasteiger partial charge is 0.378 e. The van der Waals surface area contributed by atoms with E-state index in [9.17, 15) is 14.0 Å². The molecular formula is C23H22FN3O2. The van der Waals surface area contributed by atoms with Crippen LogP contribution in [0.4, 0.5) is 21.5 Å². The number of carbonyl (C=O) groups excluding carboxylic acids is 2. The maximum Gasteiger partial charge on any atom is 0.258 e. The van der Waals surface area contributed by atoms with Crippen molar-refractivity contribution in [3.05, 3.63) is 89.2 Å². The molecule has 3 aromatic rings. The van der Waals surface area contributed by atoms with Crippen molar-refractivity contribution in [3.8, 4) is 0 Å². The molecule has 0 aliphatic carbocycles. The standard InChI is InChI=1S/C23H22FN3O2/c1-15-11-12-17(25-22(28)16-7-6-8-18(13-16)27(2)3)14-21(15)26-23(29)19-9-4-5-10-20(19)24/h4-14H,1-3H3,(H,25,28)(H,26,29). The van der Waals surface area contributed by atoms with Crippen molar-refractivity contribution in [1.29, 1.82) is 0 Å². The van der Waals surface area contributed by atoms with Crippen molar-refractivity contribution >= 4 is 28.9 Å². The van der Waals surface area contributed by atoms with Crippen LogP contribution in [0.2, 0.25) is 0 Å². The van der Waals surface area contributed by atoms with E-state index < -0.39 is 11.7 Å². The molecule has 0 aliphatic heterocycles. The van der Waals surface area contributed by atoms with E-state index in [0.717, 1.165) is 11.3 Å². The molecule has 5 nitrogen and oxygen atoms in total. The normalized spacial score (nSPS) is 10.3. The van der Waals surface area contributed by atoms with Gasteiger partial charge in [0.25, 0.3) is 11.8 Å². The van der Waals surface area contributed by atoms with E-state index in [1.807, 2.05) is 38.1 Å². The zero-order valence-corrected chi connectivity index (χ0v) is 16.5. The Hall–Kier alpha value is -3.67. The summed E-state index contributed by atoms with van der Waals surface area (Å²) in [5.41, 5.74) is 3.22. The summed E-state index contributed by atoms with van der Waals surface area (Å²) in [6, 6.07) is 18.2. The number of anilines is 3. The Bertz CT molecular complexity index is 1060. The van der Waals surface area contributed by atoms with Gasteiger partial charge in [-0.2, -0.15) is 0 Å². The lowest BCUT2D eigenvalue weighted by molar-refractivity contribution is 0.101. The SMILES string of the molecule is Cc1ccc(NC(=O)c2cccc(N(C)C)c2)cc1NC(=O)c1ccccc1F. The molecule has 3 rings (SSSR count). The molecule has 0 radical (unpaired) electrons. The summed E-state index contributed by atoms with van der Waals surface area (Å²) >= 11 is 0. The number of rotatable bonds is 5. The van der Waals surface area contributed by atoms with Crippen LogP contribution in [0.25, 0.3) is 0 Å². The maximum atomic E-state index is 13.9. The van der Waals surface area contributed by atoms with E-state index in [2.05, 4.69) is 10.6 Å². The Morgan fingerprint density at radius 2 is 1.62 bits per heavy atom. The minimum absolute atomic E-state index is 0.0400. The predicted molar refractivity (Wildman–Crippen MR) is 114 cm³/mol. The van der Waals surface area contributed by atoms with Crippen molar-refractivity contribution in [3.63, 3.8) is 0 Å². The van der Waals surface area contributed by atoms with Crippen molar-refractivity contribution in [2.75, 3.05) is 29.6 Å². The number of aryl methyl sites for hydroxylation is 1. The highest BCUT2D eigenvalue weighted by Gasteiger charge is 2.13. The molecule has 2 amide bonds. The summed E-state index contributed by atoms with van der Waals surface area (Å²) in [5.74, 6) is -1.40. The Morgan fingerprint density at radius 1 is 0.862 bits per heavy atom. The summed E-state index contributed by atoms with van der Waals surface area (Å²) in [4.78, 5) is 26.9. The lowest BCUT2D eigenvalue weighted by Crippen LogP contribution is -2.16. The second kappa shape index (κ2) is 8.56. The van der Waals surface area contributed by atoms with Crippen molar-refractivity contribution in [2.45, 2.75) is 6.92 Å². The lowest BCUT2D eigenvalue weighted by Gasteiger charge is -2.14. The van der Waals surface area contributed by atoms with E-state index in [4.69, 9.17) is 0 Å². The van der Waals surface area contributed by atoms with Crippen LogP contribution >= 0.6 is 0 Å². The van der Waals surface area contributed by atoms with Crippen molar-refractivity contribution in [2.24, 2.45) is 0 Å². The van der Waals surface area contributed by atoms with Gasteiger partial charge in [-0.1, -0.05) is 24.3 Å². The number of hydrogen-bond acceptors (Lipinski definition) is 3. The molecule has 2 N–H and O–H groups in total. The monoisotopic (exact) mass is 391 g/mol. The molecule has 0 atom stereocenters. The Labute approximate surface area is 169 Å². The van der Waals surface area contributed by atoms with Gasteiger partial charge in [0.2, 0.25) is 0 Å². The minimum Gasteiger partial charge on any atom is -0.378 e. The molecule has 6 heteroatoms. The third-order valence-electron chi connectivity index (χ3n) is 4.49. The van der Waals surface area contributed by atoms with Gasteiger partial charge >= 0.3 is 0 Å². The number of amides is 2. The average Bonchev–Trinajstić information content (AvgIpc) is 2.70. The smallest absolute Gasteiger partial charge is 0.258 e. The summed E-state index contributed by atoms with van der Waals surface area (Å²) in [5, 5.41) is 5.54. The van der Waals surface area contributed by atoms with Gasteiger partial charge in [-0.15, -0.1) is 0 Å². The highest BCUT2D eigenvalue weighted by Crippen LogP contribution is 2.23. The summed E-state index contributed by atoms with van der Waals surface area (Å²) in [6.07, 6.45) is 0. The van der Waals surface area contributed by atoms with E-state index >= 15 is 0 Å². The first-order valence-corrected chi connectivity index (χ1v) is 9.10. The molecule has 0 heterocycles. The molecule has 0 aromatic heterocycles. The number of halogens is 1. The summed E-state index contributed by atoms with van der Waals surface area (Å²) < 4.78 is 13.9. The molecule has 3 aromatic carbocycles. The van der Waals surface area contributed by atoms with Gasteiger partial charge in [-0.05, 0) is 55.0 Å². The number of nitrogens with zero attached hydrogens (tertiary/aromatic N) is 1. The molecule has 0 bridgehead atoms. The highest BCUT2D eigenvalue weighted by molar-refractivity contribution is 6.07. The average molecular weight is 391 g/mol. The molecule has 29 heavy (non-hydrogen) atoms. The fourth-order valence-electron chi connectivity index (χ4n) is 2.80. The highest BCUT2D eigenvalue weighted by atomic mass is 19.1. The first-order chi connectivity index (χ1) is 13.8. The van der Waals surface area contributed by atoms with E-state index in [1.165, 1.54) is 18.2 Å². The second-order valence-corrected chi connectivity index (χ2v) is 6.86. The van der Waals surface area contributed by atoms with Crippen LogP contribution in [-0.2, 0) is 0 Å². The van der Waals surface area contributed by atoms with Gasteiger partial charge in [-0.25, -0.2) is 4.39 Å². The van der Waals surface area contributed by atoms with Gasteiger partial charge < -0.3 is 15.5 Å². The third kappa shape index (κ3) is 4.79. The van der Waals surface area contributed by atoms with E-state index in [-0.39, 0.29) is 11.5 Å². The lowest BCUT2D eigenvalue weighted by atomic mass is 10.1. The fraction of sp³-hybridized carbons (Fsp3) is 0.130. The number of carbonyl (C=O) groups is 2. The van der Waals surface area contributed by atoms with Crippen LogP contribution in [0.3, 0.4) is 0 Å². The number of nitrogens with one attached hydrogen (secondary N) is 2. The molecular weight excluding hydrogens is 369 g/mol. The molecule has 148 valence electrons. The number of hydrogen-bond donors (Lipinski definition) is 2. The van der Waals surface area contributed by atoms with Crippen LogP contribution in [0.1, 0.15) is 26.3 Å². The fourth-order valence-corrected chi connectivity index (χ4v) is 2.80. The molecule has 0 saturated heterocycles. The molecule has 0 unspecified atom stereocenters. The molecule has 0 spiro atoms. The Kier molecular flexibility index (Phi) is 5.93. The maximum absolute atomic E-state index is 13.9. The van der Waals surface area contributed by atoms with E-state index in [1.54, 1.807) is 36.4 Å². The second-order valence-electron chi connectivity index (χ2n) is 6.86. The van der Waals surface area contributed by atoms with Crippen LogP contribution in [0, 0.1) is 12.7 Å². The quantitative estimate of drug-likeness (QED) is 0.662. The minimum atomic E-state index is -0.590. The van der Waals surface area contributed by atoms with Crippen LogP contribution in [0.5, 0.6) is 0 Å². The Morgan fingerprint density at radius 3 is 2.34 bits per heavy atom. The molecule has 0 fully saturated rings. The van der Waals surface area contributed by atoms with Crippen LogP contribution in [0.15, 0.2) is 66.7 Å². The topological polar surface area (TPSA) is 61.4 Å². The summed E-state index contributed by atoms with van der Waals surface area (Å²) in [7, 11) is 3.81. The van der Waals surface area contributed by atoms with Gasteiger partial charge in [0.15, 0.2) is 0 Å². The summed E-state index contributed by atoms with van der Waals surface area (Å²) in [6.45, 7) is 1.82. The van der Waals surface area contributed by atoms with E-state index in [0.29, 0.717) is 16.9 Å². The van der Waals surface area contributed by atoms with Crippen molar-refractivity contribution in [1.82, 2.24) is 0 Å². The van der Waals surface area contributed by atoms with Crippen LogP contribution in [-0.4, -0.2) is 25.9 Å². The van der Waals surface area contributed by atoms with Crippen molar-refractivity contribution < 1.29 is 14.0 Å². The van der Waals surface area contributed by atoms with Gasteiger partial charge in [0, 0.05) is 36.7 Å². The Balaban J connectivity index is 1.78. The van der Waals surface area contributed by atoms with Gasteiger partial charge in [0.1, 0.15) is 5.82 Å². The first-order valence-electron chi connectivity index (χ1n) is 9.10. The third-order valence-corrected chi connectivity index (χ3v) is 4.49. The first kappa shape index (κ1) is 20.1. The molecule has 0 saturated carbocycles. The van der Waals surface area contributed by atoms with Gasteiger partial charge in [-0.3, -0.25) is 9.59 Å². The zero-order chi connectivity index (χ0) is 21.0.